The van der Waals surface area contributed by atoms with Crippen LogP contribution in [0.25, 0.3) is 0 Å². The van der Waals surface area contributed by atoms with Crippen LogP contribution in [0.3, 0.4) is 0 Å². The van der Waals surface area contributed by atoms with Crippen molar-refractivity contribution in [3.8, 4) is 0 Å². The van der Waals surface area contributed by atoms with Crippen molar-refractivity contribution >= 4 is 11.8 Å². The molecule has 0 saturated heterocycles. The molecule has 1 rings (SSSR count). The van der Waals surface area contributed by atoms with Gasteiger partial charge in [-0.15, -0.1) is 0 Å². The van der Waals surface area contributed by atoms with Gasteiger partial charge in [-0.05, 0) is 18.6 Å². The molecule has 0 radical (unpaired) electrons. The molecule has 1 aliphatic rings. The Kier molecular flexibility index (Phi) is 2.61. The van der Waals surface area contributed by atoms with Crippen LogP contribution in [0.4, 0.5) is 0 Å². The minimum atomic E-state index is -0.527. The Balaban J connectivity index is 2.34. The molecule has 1 saturated carbocycles. The normalized spacial score (nSPS) is 39.3. The van der Waals surface area contributed by atoms with Crippen LogP contribution in [-0.4, -0.2) is 28.3 Å². The van der Waals surface area contributed by atoms with Gasteiger partial charge < -0.3 is 10.8 Å². The third-order valence-electron chi connectivity index (χ3n) is 2.16. The van der Waals surface area contributed by atoms with Gasteiger partial charge in [-0.2, -0.15) is 11.8 Å². The molecule has 0 spiro atoms. The summed E-state index contributed by atoms with van der Waals surface area (Å²) in [4.78, 5) is 0. The van der Waals surface area contributed by atoms with Crippen LogP contribution in [0.5, 0.6) is 0 Å². The van der Waals surface area contributed by atoms with Crippen molar-refractivity contribution in [1.82, 2.24) is 0 Å². The van der Waals surface area contributed by atoms with Gasteiger partial charge in [0.15, 0.2) is 0 Å². The number of aliphatic hydroxyl groups is 1. The molecular weight excluding hydrogens is 146 g/mol. The highest BCUT2D eigenvalue weighted by atomic mass is 32.2. The number of rotatable bonds is 3. The topological polar surface area (TPSA) is 46.2 Å². The van der Waals surface area contributed by atoms with E-state index < -0.39 is 5.60 Å². The van der Waals surface area contributed by atoms with Crippen molar-refractivity contribution in [2.75, 3.05) is 12.3 Å². The summed E-state index contributed by atoms with van der Waals surface area (Å²) < 4.78 is 0. The monoisotopic (exact) mass is 161 g/mol. The molecule has 0 heterocycles. The second kappa shape index (κ2) is 3.11. The molecule has 0 bridgehead atoms. The molecule has 2 atom stereocenters. The summed E-state index contributed by atoms with van der Waals surface area (Å²) in [5, 5.41) is 10.1. The summed E-state index contributed by atoms with van der Waals surface area (Å²) in [6.07, 6.45) is 2.02. The highest BCUT2D eigenvalue weighted by Gasteiger charge is 2.43. The fraction of sp³-hybridized carbons (Fsp3) is 1.00. The van der Waals surface area contributed by atoms with E-state index in [0.29, 0.717) is 11.8 Å². The van der Waals surface area contributed by atoms with E-state index >= 15 is 0 Å². The highest BCUT2D eigenvalue weighted by molar-refractivity contribution is 8.00. The van der Waals surface area contributed by atoms with Crippen LogP contribution in [0, 0.1) is 0 Å². The Morgan fingerprint density at radius 1 is 1.80 bits per heavy atom. The quantitative estimate of drug-likeness (QED) is 0.637. The van der Waals surface area contributed by atoms with E-state index in [0.717, 1.165) is 18.6 Å². The summed E-state index contributed by atoms with van der Waals surface area (Å²) in [7, 11) is 0. The van der Waals surface area contributed by atoms with Crippen LogP contribution in [-0.2, 0) is 0 Å². The van der Waals surface area contributed by atoms with E-state index in [1.165, 1.54) is 0 Å². The second-order valence-corrected chi connectivity index (χ2v) is 4.27. The molecule has 0 aliphatic heterocycles. The molecule has 60 valence electrons. The first-order valence-corrected chi connectivity index (χ1v) is 4.82. The standard InChI is InChI=1S/C7H15NOS/c1-2-10-6-3-4-7(6,9)5-8/h6,9H,2-5,8H2,1H3/t6-,7+/m1/s1. The Morgan fingerprint density at radius 2 is 2.50 bits per heavy atom. The lowest BCUT2D eigenvalue weighted by atomic mass is 9.80. The summed E-state index contributed by atoms with van der Waals surface area (Å²) in [5.41, 5.74) is 4.90. The third-order valence-corrected chi connectivity index (χ3v) is 3.57. The van der Waals surface area contributed by atoms with E-state index in [2.05, 4.69) is 6.92 Å². The third kappa shape index (κ3) is 1.31. The lowest BCUT2D eigenvalue weighted by Crippen LogP contribution is -2.55. The molecule has 3 heteroatoms. The van der Waals surface area contributed by atoms with Gasteiger partial charge >= 0.3 is 0 Å². The molecule has 0 unspecified atom stereocenters. The van der Waals surface area contributed by atoms with E-state index in [1.54, 1.807) is 0 Å². The Morgan fingerprint density at radius 3 is 2.80 bits per heavy atom. The van der Waals surface area contributed by atoms with Gasteiger partial charge in [-0.3, -0.25) is 0 Å². The molecule has 2 nitrogen and oxygen atoms in total. The highest BCUT2D eigenvalue weighted by Crippen LogP contribution is 2.40. The average Bonchev–Trinajstić information content (AvgIpc) is 1.96. The van der Waals surface area contributed by atoms with Crippen LogP contribution in [0.1, 0.15) is 19.8 Å². The van der Waals surface area contributed by atoms with Crippen molar-refractivity contribution < 1.29 is 5.11 Å². The average molecular weight is 161 g/mol. The van der Waals surface area contributed by atoms with E-state index in [9.17, 15) is 5.11 Å². The first kappa shape index (κ1) is 8.37. The second-order valence-electron chi connectivity index (χ2n) is 2.79. The zero-order valence-electron chi connectivity index (χ0n) is 6.34. The zero-order valence-corrected chi connectivity index (χ0v) is 7.16. The summed E-state index contributed by atoms with van der Waals surface area (Å²) in [6, 6.07) is 0. The molecule has 0 aromatic heterocycles. The number of hydrogen-bond acceptors (Lipinski definition) is 3. The smallest absolute Gasteiger partial charge is 0.0887 e. The van der Waals surface area contributed by atoms with Crippen molar-refractivity contribution in [2.24, 2.45) is 5.73 Å². The van der Waals surface area contributed by atoms with Gasteiger partial charge in [0.2, 0.25) is 0 Å². The first-order valence-electron chi connectivity index (χ1n) is 3.77. The summed E-state index contributed by atoms with van der Waals surface area (Å²) in [6.45, 7) is 2.53. The predicted octanol–water partition coefficient (Wildman–Crippen LogP) is 0.592. The molecule has 1 fully saturated rings. The SMILES string of the molecule is CCS[C@@H]1CC[C@]1(O)CN. The largest absolute Gasteiger partial charge is 0.387 e. The minimum absolute atomic E-state index is 0.405. The lowest BCUT2D eigenvalue weighted by molar-refractivity contribution is -0.0158. The van der Waals surface area contributed by atoms with Crippen molar-refractivity contribution in [1.29, 1.82) is 0 Å². The zero-order chi connectivity index (χ0) is 7.61. The van der Waals surface area contributed by atoms with Crippen LogP contribution >= 0.6 is 11.8 Å². The van der Waals surface area contributed by atoms with E-state index in [1.807, 2.05) is 11.8 Å². The number of nitrogens with two attached hydrogens (primary N) is 1. The van der Waals surface area contributed by atoms with Gasteiger partial charge in [-0.25, -0.2) is 0 Å². The van der Waals surface area contributed by atoms with Gasteiger partial charge in [0.25, 0.3) is 0 Å². The van der Waals surface area contributed by atoms with Gasteiger partial charge in [0.05, 0.1) is 5.60 Å². The van der Waals surface area contributed by atoms with Crippen LogP contribution in [0.2, 0.25) is 0 Å². The van der Waals surface area contributed by atoms with Gasteiger partial charge in [0, 0.05) is 11.8 Å². The first-order chi connectivity index (χ1) is 4.73. The molecule has 0 aromatic carbocycles. The molecule has 3 N–H and O–H groups in total. The van der Waals surface area contributed by atoms with Crippen LogP contribution in [0.15, 0.2) is 0 Å². The van der Waals surface area contributed by atoms with Crippen molar-refractivity contribution in [2.45, 2.75) is 30.6 Å². The Hall–Kier alpha value is 0.270. The Labute approximate surface area is 66.2 Å². The molecular formula is C7H15NOS. The molecule has 1 aliphatic carbocycles. The maximum Gasteiger partial charge on any atom is 0.0887 e. The van der Waals surface area contributed by atoms with Crippen LogP contribution < -0.4 is 5.73 Å². The lowest BCUT2D eigenvalue weighted by Gasteiger charge is -2.44. The maximum absolute atomic E-state index is 9.66. The summed E-state index contributed by atoms with van der Waals surface area (Å²) in [5.74, 6) is 1.08. The van der Waals surface area contributed by atoms with Gasteiger partial charge in [-0.1, -0.05) is 6.92 Å². The number of thioether (sulfide) groups is 1. The molecule has 0 amide bonds. The Bertz CT molecular complexity index is 116. The van der Waals surface area contributed by atoms with E-state index in [4.69, 9.17) is 5.73 Å². The number of hydrogen-bond donors (Lipinski definition) is 2. The maximum atomic E-state index is 9.66. The summed E-state index contributed by atoms with van der Waals surface area (Å²) >= 11 is 1.82. The van der Waals surface area contributed by atoms with Gasteiger partial charge in [0.1, 0.15) is 0 Å². The molecule has 0 aromatic rings. The fourth-order valence-corrected chi connectivity index (χ4v) is 2.48. The van der Waals surface area contributed by atoms with Crippen molar-refractivity contribution in [3.05, 3.63) is 0 Å². The fourth-order valence-electron chi connectivity index (χ4n) is 1.27. The van der Waals surface area contributed by atoms with E-state index in [-0.39, 0.29) is 0 Å². The predicted molar refractivity (Wildman–Crippen MR) is 45.2 cm³/mol. The minimum Gasteiger partial charge on any atom is -0.387 e. The molecule has 10 heavy (non-hydrogen) atoms. The van der Waals surface area contributed by atoms with Crippen molar-refractivity contribution in [3.63, 3.8) is 0 Å².